The van der Waals surface area contributed by atoms with E-state index < -0.39 is 0 Å². The van der Waals surface area contributed by atoms with Crippen LogP contribution in [0.1, 0.15) is 26.2 Å². The molecule has 2 amide bonds. The molecule has 0 saturated carbocycles. The van der Waals surface area contributed by atoms with Gasteiger partial charge >= 0.3 is 0 Å². The van der Waals surface area contributed by atoms with E-state index in [2.05, 4.69) is 5.32 Å². The van der Waals surface area contributed by atoms with Gasteiger partial charge in [-0.2, -0.15) is 0 Å². The van der Waals surface area contributed by atoms with Gasteiger partial charge in [0.25, 0.3) is 0 Å². The summed E-state index contributed by atoms with van der Waals surface area (Å²) in [6.07, 6.45) is 2.27. The van der Waals surface area contributed by atoms with E-state index >= 15 is 0 Å². The molecule has 0 aromatic carbocycles. The third kappa shape index (κ3) is 4.61. The molecule has 5 nitrogen and oxygen atoms in total. The Bertz CT molecular complexity index is 243. The molecule has 0 atom stereocenters. The van der Waals surface area contributed by atoms with E-state index in [9.17, 15) is 9.59 Å². The van der Waals surface area contributed by atoms with Gasteiger partial charge in [-0.1, -0.05) is 0 Å². The van der Waals surface area contributed by atoms with E-state index in [1.54, 1.807) is 4.90 Å². The lowest BCUT2D eigenvalue weighted by Gasteiger charge is -2.14. The number of hydrogen-bond acceptors (Lipinski definition) is 3. The molecule has 0 unspecified atom stereocenters. The van der Waals surface area contributed by atoms with Gasteiger partial charge in [0.05, 0.1) is 6.54 Å². The summed E-state index contributed by atoms with van der Waals surface area (Å²) in [4.78, 5) is 24.3. The summed E-state index contributed by atoms with van der Waals surface area (Å²) in [5.41, 5.74) is 0. The van der Waals surface area contributed by atoms with Crippen LogP contribution in [0.15, 0.2) is 0 Å². The molecule has 1 aliphatic rings. The van der Waals surface area contributed by atoms with Crippen LogP contribution in [0.25, 0.3) is 0 Å². The van der Waals surface area contributed by atoms with Crippen molar-refractivity contribution >= 4 is 11.8 Å². The second kappa shape index (κ2) is 7.22. The van der Waals surface area contributed by atoms with Crippen molar-refractivity contribution in [1.29, 1.82) is 0 Å². The summed E-state index contributed by atoms with van der Waals surface area (Å²) in [7, 11) is 0. The Kier molecular flexibility index (Phi) is 5.85. The number of hydrogen-bond donors (Lipinski definition) is 1. The highest BCUT2D eigenvalue weighted by Gasteiger charge is 2.21. The first-order valence-corrected chi connectivity index (χ1v) is 5.86. The van der Waals surface area contributed by atoms with Crippen molar-refractivity contribution in [3.8, 4) is 0 Å². The maximum absolute atomic E-state index is 11.4. The molecule has 0 aliphatic carbocycles. The average molecular weight is 228 g/mol. The minimum atomic E-state index is -0.0771. The van der Waals surface area contributed by atoms with Crippen LogP contribution in [-0.4, -0.2) is 49.6 Å². The topological polar surface area (TPSA) is 58.6 Å². The molecule has 0 radical (unpaired) electrons. The first-order valence-electron chi connectivity index (χ1n) is 5.86. The van der Waals surface area contributed by atoms with Crippen LogP contribution >= 0.6 is 0 Å². The first kappa shape index (κ1) is 13.0. The van der Waals surface area contributed by atoms with Gasteiger partial charge in [0.1, 0.15) is 0 Å². The van der Waals surface area contributed by atoms with Crippen LogP contribution in [0.5, 0.6) is 0 Å². The summed E-state index contributed by atoms with van der Waals surface area (Å²) in [5.74, 6) is 0.0104. The van der Waals surface area contributed by atoms with E-state index in [4.69, 9.17) is 4.74 Å². The van der Waals surface area contributed by atoms with Crippen molar-refractivity contribution in [2.45, 2.75) is 26.2 Å². The maximum Gasteiger partial charge on any atom is 0.239 e. The number of nitrogens with one attached hydrogen (secondary N) is 1. The zero-order chi connectivity index (χ0) is 11.8. The number of carbonyl (C=O) groups is 2. The van der Waals surface area contributed by atoms with Crippen molar-refractivity contribution in [1.82, 2.24) is 10.2 Å². The molecule has 92 valence electrons. The van der Waals surface area contributed by atoms with E-state index in [0.29, 0.717) is 32.7 Å². The summed E-state index contributed by atoms with van der Waals surface area (Å²) in [6, 6.07) is 0. The molecule has 0 aromatic heterocycles. The predicted octanol–water partition coefficient (Wildman–Crippen LogP) is 0.152. The Labute approximate surface area is 96.1 Å². The molecule has 0 aromatic rings. The van der Waals surface area contributed by atoms with Crippen molar-refractivity contribution in [3.63, 3.8) is 0 Å². The Morgan fingerprint density at radius 2 is 2.38 bits per heavy atom. The lowest BCUT2D eigenvalue weighted by Crippen LogP contribution is -2.38. The lowest BCUT2D eigenvalue weighted by molar-refractivity contribution is -0.133. The van der Waals surface area contributed by atoms with Gasteiger partial charge in [-0.25, -0.2) is 0 Å². The van der Waals surface area contributed by atoms with Crippen LogP contribution in [0.4, 0.5) is 0 Å². The second-order valence-corrected chi connectivity index (χ2v) is 3.82. The van der Waals surface area contributed by atoms with Gasteiger partial charge in [-0.15, -0.1) is 0 Å². The molecule has 1 aliphatic heterocycles. The molecule has 1 saturated heterocycles. The molecule has 1 N–H and O–H groups in total. The standard InChI is InChI=1S/C11H20N2O3/c1-2-16-8-4-6-12-10(14)9-13-7-3-5-11(13)15/h2-9H2,1H3,(H,12,14). The molecule has 1 rings (SSSR count). The molecular formula is C11H20N2O3. The van der Waals surface area contributed by atoms with Gasteiger partial charge in [-0.3, -0.25) is 9.59 Å². The zero-order valence-electron chi connectivity index (χ0n) is 9.83. The highest BCUT2D eigenvalue weighted by atomic mass is 16.5. The normalized spacial score (nSPS) is 15.6. The fourth-order valence-corrected chi connectivity index (χ4v) is 1.65. The minimum Gasteiger partial charge on any atom is -0.382 e. The number of carbonyl (C=O) groups excluding carboxylic acids is 2. The Morgan fingerprint density at radius 3 is 3.00 bits per heavy atom. The largest absolute Gasteiger partial charge is 0.382 e. The highest BCUT2D eigenvalue weighted by molar-refractivity contribution is 5.85. The molecule has 16 heavy (non-hydrogen) atoms. The van der Waals surface area contributed by atoms with Crippen LogP contribution < -0.4 is 5.32 Å². The van der Waals surface area contributed by atoms with E-state index in [1.807, 2.05) is 6.92 Å². The van der Waals surface area contributed by atoms with E-state index in [0.717, 1.165) is 12.8 Å². The fourth-order valence-electron chi connectivity index (χ4n) is 1.65. The Hall–Kier alpha value is -1.10. The zero-order valence-corrected chi connectivity index (χ0v) is 9.83. The fraction of sp³-hybridized carbons (Fsp3) is 0.818. The number of likely N-dealkylation sites (tertiary alicyclic amines) is 1. The van der Waals surface area contributed by atoms with Crippen molar-refractivity contribution in [2.75, 3.05) is 32.8 Å². The van der Waals surface area contributed by atoms with Crippen molar-refractivity contribution < 1.29 is 14.3 Å². The monoisotopic (exact) mass is 228 g/mol. The van der Waals surface area contributed by atoms with Crippen LogP contribution in [0.3, 0.4) is 0 Å². The third-order valence-electron chi connectivity index (χ3n) is 2.50. The number of nitrogens with zero attached hydrogens (tertiary/aromatic N) is 1. The smallest absolute Gasteiger partial charge is 0.239 e. The van der Waals surface area contributed by atoms with Crippen LogP contribution in [0, 0.1) is 0 Å². The highest BCUT2D eigenvalue weighted by Crippen LogP contribution is 2.08. The molecule has 0 spiro atoms. The summed E-state index contributed by atoms with van der Waals surface area (Å²) >= 11 is 0. The van der Waals surface area contributed by atoms with Crippen LogP contribution in [0.2, 0.25) is 0 Å². The molecule has 1 heterocycles. The number of rotatable bonds is 7. The summed E-state index contributed by atoms with van der Waals surface area (Å²) < 4.78 is 5.15. The summed E-state index contributed by atoms with van der Waals surface area (Å²) in [6.45, 7) is 4.84. The number of amides is 2. The maximum atomic E-state index is 11.4. The quantitative estimate of drug-likeness (QED) is 0.631. The van der Waals surface area contributed by atoms with Gasteiger partial charge in [0.15, 0.2) is 0 Å². The predicted molar refractivity (Wildman–Crippen MR) is 59.9 cm³/mol. The second-order valence-electron chi connectivity index (χ2n) is 3.82. The van der Waals surface area contributed by atoms with Gasteiger partial charge in [0.2, 0.25) is 11.8 Å². The summed E-state index contributed by atoms with van der Waals surface area (Å²) in [5, 5.41) is 2.78. The SMILES string of the molecule is CCOCCCNC(=O)CN1CCCC1=O. The van der Waals surface area contributed by atoms with Gasteiger partial charge in [0, 0.05) is 32.7 Å². The average Bonchev–Trinajstić information content (AvgIpc) is 2.64. The Morgan fingerprint density at radius 1 is 1.56 bits per heavy atom. The van der Waals surface area contributed by atoms with Crippen molar-refractivity contribution in [3.05, 3.63) is 0 Å². The van der Waals surface area contributed by atoms with E-state index in [-0.39, 0.29) is 18.4 Å². The molecule has 5 heteroatoms. The van der Waals surface area contributed by atoms with E-state index in [1.165, 1.54) is 0 Å². The van der Waals surface area contributed by atoms with Gasteiger partial charge in [-0.05, 0) is 19.8 Å². The van der Waals surface area contributed by atoms with Crippen molar-refractivity contribution in [2.24, 2.45) is 0 Å². The minimum absolute atomic E-state index is 0.0771. The third-order valence-corrected chi connectivity index (χ3v) is 2.50. The lowest BCUT2D eigenvalue weighted by atomic mass is 10.4. The number of ether oxygens (including phenoxy) is 1. The van der Waals surface area contributed by atoms with Gasteiger partial charge < -0.3 is 15.0 Å². The molecule has 0 bridgehead atoms. The Balaban J connectivity index is 2.04. The van der Waals surface area contributed by atoms with Crippen LogP contribution in [-0.2, 0) is 14.3 Å². The first-order chi connectivity index (χ1) is 7.74. The molecular weight excluding hydrogens is 208 g/mol. The molecule has 1 fully saturated rings.